The predicted molar refractivity (Wildman–Crippen MR) is 52.5 cm³/mol. The highest BCUT2D eigenvalue weighted by molar-refractivity contribution is 5.66. The maximum atomic E-state index is 10.3. The molecule has 0 aromatic rings. The number of hydrogen-bond acceptors (Lipinski definition) is 1. The van der Waals surface area contributed by atoms with E-state index in [0.717, 1.165) is 25.7 Å². The number of carbonyl (C=O) groups is 1. The SMILES string of the molecule is O=C(O)CCCC1C=CCC=CC1. The van der Waals surface area contributed by atoms with E-state index in [9.17, 15) is 4.79 Å². The van der Waals surface area contributed by atoms with Crippen molar-refractivity contribution < 1.29 is 9.90 Å². The van der Waals surface area contributed by atoms with Crippen LogP contribution in [-0.2, 0) is 4.79 Å². The molecule has 0 bridgehead atoms. The molecule has 0 aromatic heterocycles. The number of aliphatic carboxylic acids is 1. The highest BCUT2D eigenvalue weighted by Crippen LogP contribution is 2.17. The Bertz CT molecular complexity index is 216. The minimum Gasteiger partial charge on any atom is -0.481 e. The average molecular weight is 180 g/mol. The van der Waals surface area contributed by atoms with E-state index in [2.05, 4.69) is 24.3 Å². The lowest BCUT2D eigenvalue weighted by atomic mass is 9.98. The Hall–Kier alpha value is -1.05. The molecule has 0 aromatic carbocycles. The van der Waals surface area contributed by atoms with Crippen molar-refractivity contribution in [3.05, 3.63) is 24.3 Å². The van der Waals surface area contributed by atoms with Crippen molar-refractivity contribution >= 4 is 5.97 Å². The van der Waals surface area contributed by atoms with E-state index in [4.69, 9.17) is 5.11 Å². The van der Waals surface area contributed by atoms with Crippen LogP contribution < -0.4 is 0 Å². The molecule has 0 saturated heterocycles. The molecule has 2 heteroatoms. The summed E-state index contributed by atoms with van der Waals surface area (Å²) in [6.07, 6.45) is 12.9. The Morgan fingerprint density at radius 2 is 2.23 bits per heavy atom. The van der Waals surface area contributed by atoms with E-state index in [1.807, 2.05) is 0 Å². The van der Waals surface area contributed by atoms with E-state index in [-0.39, 0.29) is 0 Å². The smallest absolute Gasteiger partial charge is 0.303 e. The molecule has 0 saturated carbocycles. The van der Waals surface area contributed by atoms with Gasteiger partial charge in [0.05, 0.1) is 0 Å². The molecule has 2 nitrogen and oxygen atoms in total. The lowest BCUT2D eigenvalue weighted by Gasteiger charge is -2.07. The van der Waals surface area contributed by atoms with Gasteiger partial charge in [0.15, 0.2) is 0 Å². The van der Waals surface area contributed by atoms with Crippen molar-refractivity contribution in [1.82, 2.24) is 0 Å². The molecule has 0 fully saturated rings. The van der Waals surface area contributed by atoms with Gasteiger partial charge in [-0.3, -0.25) is 4.79 Å². The zero-order valence-electron chi connectivity index (χ0n) is 7.78. The number of allylic oxidation sites excluding steroid dienone is 4. The molecule has 1 N–H and O–H groups in total. The quantitative estimate of drug-likeness (QED) is 0.675. The first kappa shape index (κ1) is 10.0. The summed E-state index contributed by atoms with van der Waals surface area (Å²) in [6.45, 7) is 0. The van der Waals surface area contributed by atoms with Crippen molar-refractivity contribution in [2.75, 3.05) is 0 Å². The third-order valence-electron chi connectivity index (χ3n) is 2.25. The normalized spacial score (nSPS) is 21.4. The molecule has 1 aliphatic carbocycles. The second kappa shape index (κ2) is 5.57. The van der Waals surface area contributed by atoms with Crippen LogP contribution in [0.2, 0.25) is 0 Å². The molecule has 1 aliphatic rings. The summed E-state index contributed by atoms with van der Waals surface area (Å²) in [4.78, 5) is 10.3. The Morgan fingerprint density at radius 3 is 3.00 bits per heavy atom. The number of hydrogen-bond donors (Lipinski definition) is 1. The molecule has 0 amide bonds. The Labute approximate surface area is 79.0 Å². The minimum absolute atomic E-state index is 0.300. The van der Waals surface area contributed by atoms with Crippen LogP contribution in [0.4, 0.5) is 0 Å². The Morgan fingerprint density at radius 1 is 1.38 bits per heavy atom. The Balaban J connectivity index is 2.20. The molecule has 1 atom stereocenters. The topological polar surface area (TPSA) is 37.3 Å². The summed E-state index contributed by atoms with van der Waals surface area (Å²) in [5.41, 5.74) is 0. The van der Waals surface area contributed by atoms with Crippen LogP contribution in [0.1, 0.15) is 32.1 Å². The number of rotatable bonds is 4. The maximum Gasteiger partial charge on any atom is 0.303 e. The minimum atomic E-state index is -0.687. The molecule has 0 spiro atoms. The lowest BCUT2D eigenvalue weighted by molar-refractivity contribution is -0.137. The van der Waals surface area contributed by atoms with Gasteiger partial charge in [-0.05, 0) is 31.6 Å². The van der Waals surface area contributed by atoms with Gasteiger partial charge in [0.1, 0.15) is 0 Å². The second-order valence-electron chi connectivity index (χ2n) is 3.42. The summed E-state index contributed by atoms with van der Waals surface area (Å²) in [7, 11) is 0. The third kappa shape index (κ3) is 4.51. The molecule has 1 rings (SSSR count). The van der Waals surface area contributed by atoms with Gasteiger partial charge in [-0.25, -0.2) is 0 Å². The lowest BCUT2D eigenvalue weighted by Crippen LogP contribution is -1.98. The summed E-state index contributed by atoms with van der Waals surface area (Å²) in [6, 6.07) is 0. The fraction of sp³-hybridized carbons (Fsp3) is 0.545. The van der Waals surface area contributed by atoms with E-state index in [1.54, 1.807) is 0 Å². The molecule has 0 aliphatic heterocycles. The van der Waals surface area contributed by atoms with Crippen LogP contribution in [0.3, 0.4) is 0 Å². The van der Waals surface area contributed by atoms with Crippen LogP contribution >= 0.6 is 0 Å². The first-order valence-electron chi connectivity index (χ1n) is 4.82. The first-order valence-corrected chi connectivity index (χ1v) is 4.82. The van der Waals surface area contributed by atoms with Crippen LogP contribution in [-0.4, -0.2) is 11.1 Å². The van der Waals surface area contributed by atoms with Gasteiger partial charge in [0.25, 0.3) is 0 Å². The van der Waals surface area contributed by atoms with E-state index < -0.39 is 5.97 Å². The zero-order valence-corrected chi connectivity index (χ0v) is 7.78. The van der Waals surface area contributed by atoms with E-state index >= 15 is 0 Å². The van der Waals surface area contributed by atoms with Gasteiger partial charge >= 0.3 is 5.97 Å². The molecular formula is C11H16O2. The van der Waals surface area contributed by atoms with Crippen molar-refractivity contribution in [1.29, 1.82) is 0 Å². The van der Waals surface area contributed by atoms with Gasteiger partial charge in [-0.2, -0.15) is 0 Å². The Kier molecular flexibility index (Phi) is 4.30. The second-order valence-corrected chi connectivity index (χ2v) is 3.42. The highest BCUT2D eigenvalue weighted by atomic mass is 16.4. The molecule has 0 heterocycles. The highest BCUT2D eigenvalue weighted by Gasteiger charge is 2.05. The fourth-order valence-corrected chi connectivity index (χ4v) is 1.52. The third-order valence-corrected chi connectivity index (χ3v) is 2.25. The predicted octanol–water partition coefficient (Wildman–Crippen LogP) is 2.76. The van der Waals surface area contributed by atoms with Gasteiger partial charge in [0, 0.05) is 6.42 Å². The van der Waals surface area contributed by atoms with Crippen LogP contribution in [0.15, 0.2) is 24.3 Å². The van der Waals surface area contributed by atoms with Crippen molar-refractivity contribution in [2.24, 2.45) is 5.92 Å². The molecule has 0 radical (unpaired) electrons. The number of carboxylic acids is 1. The van der Waals surface area contributed by atoms with Crippen molar-refractivity contribution in [2.45, 2.75) is 32.1 Å². The van der Waals surface area contributed by atoms with Crippen molar-refractivity contribution in [3.63, 3.8) is 0 Å². The maximum absolute atomic E-state index is 10.3. The fourth-order valence-electron chi connectivity index (χ4n) is 1.52. The largest absolute Gasteiger partial charge is 0.481 e. The van der Waals surface area contributed by atoms with Gasteiger partial charge in [-0.15, -0.1) is 0 Å². The monoisotopic (exact) mass is 180 g/mol. The standard InChI is InChI=1S/C11H16O2/c12-11(13)9-5-8-10-6-3-1-2-4-7-10/h1,3-4,7,10H,2,5-6,8-9H2,(H,12,13). The summed E-state index contributed by atoms with van der Waals surface area (Å²) < 4.78 is 0. The zero-order chi connectivity index (χ0) is 9.52. The molecular weight excluding hydrogens is 164 g/mol. The van der Waals surface area contributed by atoms with Crippen LogP contribution in [0.5, 0.6) is 0 Å². The van der Waals surface area contributed by atoms with Crippen LogP contribution in [0, 0.1) is 5.92 Å². The summed E-state index contributed by atoms with van der Waals surface area (Å²) >= 11 is 0. The van der Waals surface area contributed by atoms with Crippen LogP contribution in [0.25, 0.3) is 0 Å². The molecule has 1 unspecified atom stereocenters. The van der Waals surface area contributed by atoms with E-state index in [1.165, 1.54) is 0 Å². The first-order chi connectivity index (χ1) is 6.29. The van der Waals surface area contributed by atoms with E-state index in [0.29, 0.717) is 12.3 Å². The summed E-state index contributed by atoms with van der Waals surface area (Å²) in [5.74, 6) is -0.133. The van der Waals surface area contributed by atoms with Gasteiger partial charge in [0.2, 0.25) is 0 Å². The summed E-state index contributed by atoms with van der Waals surface area (Å²) in [5, 5.41) is 8.47. The number of carboxylic acid groups (broad SMARTS) is 1. The molecule has 13 heavy (non-hydrogen) atoms. The van der Waals surface area contributed by atoms with Crippen molar-refractivity contribution in [3.8, 4) is 0 Å². The van der Waals surface area contributed by atoms with Gasteiger partial charge in [-0.1, -0.05) is 24.3 Å². The van der Waals surface area contributed by atoms with Gasteiger partial charge < -0.3 is 5.11 Å². The molecule has 72 valence electrons. The average Bonchev–Trinajstić information content (AvgIpc) is 2.32.